The maximum absolute atomic E-state index is 4.87. The third kappa shape index (κ3) is 12.5. The maximum Gasteiger partial charge on any atom is 0.0702 e. The van der Waals surface area contributed by atoms with Gasteiger partial charge in [0.25, 0.3) is 0 Å². The van der Waals surface area contributed by atoms with Gasteiger partial charge in [0.05, 0.1) is 17.1 Å². The molecule has 3 aromatic heterocycles. The standard InChI is InChI=1S/C94H65N3/c1-4-25-65(26-5-1)68-31-22-34-71(57-68)89-62-76(92-43-16-19-54-95-92)48-51-86(89)83-40-13-10-37-80(83)74-46-47-75(81-38-11-14-41-84(81)87-52-49-77(93-44-17-20-55-96-93)63-90(87)72-35-23-32-69(58-72)66-27-6-2-7-28-66)61-79(60-74)82-39-12-15-42-85(82)88-53-50-78(94-45-18-21-56-97-94)64-91(88)73-36-24-33-70(59-73)67-29-8-3-9-30-67/h1-46,48-64H,47H2. The number of benzene rings is 12. The number of rotatable bonds is 15. The van der Waals surface area contributed by atoms with Crippen molar-refractivity contribution in [3.8, 4) is 134 Å². The minimum atomic E-state index is 0.647. The molecule has 0 spiro atoms. The van der Waals surface area contributed by atoms with Crippen molar-refractivity contribution in [3.05, 3.63) is 399 Å². The Morgan fingerprint density at radius 3 is 0.845 bits per heavy atom. The van der Waals surface area contributed by atoms with Crippen LogP contribution in [0.15, 0.2) is 383 Å². The summed E-state index contributed by atoms with van der Waals surface area (Å²) in [5.74, 6) is 0. The molecule has 0 N–H and O–H groups in total. The molecule has 3 heteroatoms. The Hall–Kier alpha value is -12.7. The van der Waals surface area contributed by atoms with Crippen molar-refractivity contribution in [2.24, 2.45) is 0 Å². The molecule has 1 aliphatic rings. The molecule has 97 heavy (non-hydrogen) atoms. The fourth-order valence-corrected chi connectivity index (χ4v) is 13.8. The Labute approximate surface area is 567 Å². The van der Waals surface area contributed by atoms with E-state index in [4.69, 9.17) is 15.0 Å². The molecule has 0 amide bonds. The van der Waals surface area contributed by atoms with Crippen molar-refractivity contribution in [2.45, 2.75) is 6.42 Å². The average Bonchev–Trinajstić information content (AvgIpc) is 1.52. The minimum absolute atomic E-state index is 0.647. The van der Waals surface area contributed by atoms with Crippen LogP contribution in [0.1, 0.15) is 23.1 Å². The Morgan fingerprint density at radius 2 is 0.474 bits per heavy atom. The number of pyridine rings is 3. The first-order valence-electron chi connectivity index (χ1n) is 33.2. The Morgan fingerprint density at radius 1 is 0.175 bits per heavy atom. The predicted octanol–water partition coefficient (Wildman–Crippen LogP) is 24.8. The molecule has 1 aliphatic carbocycles. The minimum Gasteiger partial charge on any atom is -0.256 e. The van der Waals surface area contributed by atoms with Crippen LogP contribution in [-0.2, 0) is 0 Å². The van der Waals surface area contributed by atoms with Crippen LogP contribution in [0.25, 0.3) is 151 Å². The zero-order chi connectivity index (χ0) is 64.7. The van der Waals surface area contributed by atoms with E-state index in [-0.39, 0.29) is 0 Å². The Kier molecular flexibility index (Phi) is 16.6. The predicted molar refractivity (Wildman–Crippen MR) is 406 cm³/mol. The van der Waals surface area contributed by atoms with E-state index in [2.05, 4.69) is 346 Å². The number of aromatic nitrogens is 3. The van der Waals surface area contributed by atoms with E-state index < -0.39 is 0 Å². The lowest BCUT2D eigenvalue weighted by Gasteiger charge is -2.19. The molecular weight excluding hydrogens is 1170 g/mol. The Balaban J connectivity index is 0.904. The van der Waals surface area contributed by atoms with Gasteiger partial charge in [-0.3, -0.25) is 15.0 Å². The van der Waals surface area contributed by atoms with Crippen molar-refractivity contribution >= 4 is 16.7 Å². The molecule has 456 valence electrons. The number of hydrogen-bond donors (Lipinski definition) is 0. The van der Waals surface area contributed by atoms with E-state index >= 15 is 0 Å². The first kappa shape index (κ1) is 59.3. The highest BCUT2D eigenvalue weighted by Crippen LogP contribution is 2.47. The molecular formula is C94H65N3. The lowest BCUT2D eigenvalue weighted by Crippen LogP contribution is -1.95. The molecule has 12 aromatic carbocycles. The van der Waals surface area contributed by atoms with E-state index in [1.807, 2.05) is 36.8 Å². The van der Waals surface area contributed by atoms with Crippen LogP contribution in [0.2, 0.25) is 0 Å². The SMILES string of the molecule is C1=C(c2ccccc2-c2ccc(-c3ccccn3)cc2-c2cccc(-c3ccccc3)c2)C=C(c2ccccc2-c2ccc(-c3ccccn3)cc2-c2cccc(-c3ccccc3)c2)C=C(c2ccccc2-c2ccc(-c3ccccn3)cc2-c2cccc(-c3ccccc3)c2)C1. The quantitative estimate of drug-likeness (QED) is 0.103. The summed E-state index contributed by atoms with van der Waals surface area (Å²) in [5, 5.41) is 0. The van der Waals surface area contributed by atoms with Crippen LogP contribution in [0, 0.1) is 0 Å². The summed E-state index contributed by atoms with van der Waals surface area (Å²) in [5.41, 5.74) is 33.3. The van der Waals surface area contributed by atoms with E-state index in [1.165, 1.54) is 22.3 Å². The van der Waals surface area contributed by atoms with E-state index in [9.17, 15) is 0 Å². The molecule has 0 saturated carbocycles. The smallest absolute Gasteiger partial charge is 0.0702 e. The van der Waals surface area contributed by atoms with Gasteiger partial charge in [-0.15, -0.1) is 0 Å². The molecule has 0 unspecified atom stereocenters. The number of allylic oxidation sites excluding steroid dienone is 6. The molecule has 0 saturated heterocycles. The normalized spacial score (nSPS) is 12.1. The highest BCUT2D eigenvalue weighted by molar-refractivity contribution is 6.04. The number of hydrogen-bond acceptors (Lipinski definition) is 3. The first-order valence-corrected chi connectivity index (χ1v) is 33.2. The Bertz CT molecular complexity index is 5440. The molecule has 3 nitrogen and oxygen atoms in total. The third-order valence-electron chi connectivity index (χ3n) is 18.6. The molecule has 3 heterocycles. The molecule has 0 aliphatic heterocycles. The van der Waals surface area contributed by atoms with Gasteiger partial charge in [-0.05, 0) is 219 Å². The van der Waals surface area contributed by atoms with Crippen molar-refractivity contribution in [1.82, 2.24) is 15.0 Å². The van der Waals surface area contributed by atoms with E-state index in [0.717, 1.165) is 145 Å². The largest absolute Gasteiger partial charge is 0.256 e. The van der Waals surface area contributed by atoms with Gasteiger partial charge in [0, 0.05) is 35.3 Å². The summed E-state index contributed by atoms with van der Waals surface area (Å²) in [4.78, 5) is 14.6. The fraction of sp³-hybridized carbons (Fsp3) is 0.0106. The van der Waals surface area contributed by atoms with Gasteiger partial charge >= 0.3 is 0 Å². The summed E-state index contributed by atoms with van der Waals surface area (Å²) < 4.78 is 0. The van der Waals surface area contributed by atoms with Gasteiger partial charge < -0.3 is 0 Å². The van der Waals surface area contributed by atoms with Crippen LogP contribution in [0.3, 0.4) is 0 Å². The zero-order valence-electron chi connectivity index (χ0n) is 53.4. The van der Waals surface area contributed by atoms with E-state index in [1.54, 1.807) is 0 Å². The zero-order valence-corrected chi connectivity index (χ0v) is 53.4. The summed E-state index contributed by atoms with van der Waals surface area (Å²) in [7, 11) is 0. The van der Waals surface area contributed by atoms with Crippen LogP contribution in [0.4, 0.5) is 0 Å². The third-order valence-corrected chi connectivity index (χ3v) is 18.6. The number of nitrogens with zero attached hydrogens (tertiary/aromatic N) is 3. The van der Waals surface area contributed by atoms with Crippen LogP contribution in [0.5, 0.6) is 0 Å². The lowest BCUT2D eigenvalue weighted by molar-refractivity contribution is 1.33. The average molecular weight is 1240 g/mol. The van der Waals surface area contributed by atoms with Gasteiger partial charge in [0.15, 0.2) is 0 Å². The monoisotopic (exact) mass is 1240 g/mol. The van der Waals surface area contributed by atoms with Crippen LogP contribution in [-0.4, -0.2) is 15.0 Å². The fourth-order valence-electron chi connectivity index (χ4n) is 13.8. The maximum atomic E-state index is 4.87. The van der Waals surface area contributed by atoms with Gasteiger partial charge in [-0.25, -0.2) is 0 Å². The highest BCUT2D eigenvalue weighted by atomic mass is 14.7. The van der Waals surface area contributed by atoms with Crippen molar-refractivity contribution in [1.29, 1.82) is 0 Å². The molecule has 0 atom stereocenters. The topological polar surface area (TPSA) is 38.7 Å². The van der Waals surface area contributed by atoms with Gasteiger partial charge in [-0.2, -0.15) is 0 Å². The lowest BCUT2D eigenvalue weighted by atomic mass is 9.84. The second-order valence-corrected chi connectivity index (χ2v) is 24.5. The van der Waals surface area contributed by atoms with Crippen molar-refractivity contribution < 1.29 is 0 Å². The van der Waals surface area contributed by atoms with Gasteiger partial charge in [0.1, 0.15) is 0 Å². The van der Waals surface area contributed by atoms with E-state index in [0.29, 0.717) is 6.42 Å². The summed E-state index contributed by atoms with van der Waals surface area (Å²) in [6.45, 7) is 0. The van der Waals surface area contributed by atoms with Crippen LogP contribution < -0.4 is 0 Å². The molecule has 16 rings (SSSR count). The highest BCUT2D eigenvalue weighted by Gasteiger charge is 2.23. The second kappa shape index (κ2) is 27.1. The van der Waals surface area contributed by atoms with Gasteiger partial charge in [-0.1, -0.05) is 285 Å². The van der Waals surface area contributed by atoms with Crippen molar-refractivity contribution in [2.75, 3.05) is 0 Å². The molecule has 15 aromatic rings. The molecule has 0 radical (unpaired) electrons. The van der Waals surface area contributed by atoms with Crippen molar-refractivity contribution in [3.63, 3.8) is 0 Å². The summed E-state index contributed by atoms with van der Waals surface area (Å²) >= 11 is 0. The summed E-state index contributed by atoms with van der Waals surface area (Å²) in [6, 6.07) is 125. The molecule has 0 fully saturated rings. The second-order valence-electron chi connectivity index (χ2n) is 24.5. The summed E-state index contributed by atoms with van der Waals surface area (Å²) in [6.07, 6.45) is 13.7. The molecule has 0 bridgehead atoms. The van der Waals surface area contributed by atoms with Gasteiger partial charge in [0.2, 0.25) is 0 Å². The van der Waals surface area contributed by atoms with Crippen LogP contribution >= 0.6 is 0 Å². The first-order chi connectivity index (χ1) is 48.1.